The summed E-state index contributed by atoms with van der Waals surface area (Å²) >= 11 is 0. The summed E-state index contributed by atoms with van der Waals surface area (Å²) in [5, 5.41) is 9.15. The Bertz CT molecular complexity index is 249. The molecule has 0 aromatic heterocycles. The predicted molar refractivity (Wildman–Crippen MR) is 51.9 cm³/mol. The molecule has 0 heterocycles. The summed E-state index contributed by atoms with van der Waals surface area (Å²) in [6.45, 7) is 0. The van der Waals surface area contributed by atoms with Crippen LogP contribution in [0.3, 0.4) is 0 Å². The largest absolute Gasteiger partial charge is 4.00 e. The van der Waals surface area contributed by atoms with E-state index in [9.17, 15) is 4.57 Å². The zero-order valence-electron chi connectivity index (χ0n) is 8.52. The van der Waals surface area contributed by atoms with Crippen molar-refractivity contribution in [1.82, 2.24) is 0 Å². The molecular weight excluding hydrogens is 418 g/mol. The fourth-order valence-electron chi connectivity index (χ4n) is 1.19. The maximum atomic E-state index is 9.36. The second kappa shape index (κ2) is 8.34. The Hall–Kier alpha value is 0.228. The first-order valence-corrected chi connectivity index (χ1v) is 6.14. The quantitative estimate of drug-likeness (QED) is 0.376. The molecule has 1 fully saturated rings. The SMILES string of the molecule is NC1CCCCC1N.O=C([O-])P(=O)(O)O.[Pt+4]. The van der Waals surface area contributed by atoms with E-state index < -0.39 is 13.3 Å². The third kappa shape index (κ3) is 8.39. The van der Waals surface area contributed by atoms with E-state index in [4.69, 9.17) is 31.2 Å². The van der Waals surface area contributed by atoms with Gasteiger partial charge in [0.25, 0.3) is 0 Å². The number of carbonyl (C=O) groups excluding carboxylic acids is 1. The molecule has 1 saturated carbocycles. The first-order chi connectivity index (χ1) is 6.75. The zero-order valence-corrected chi connectivity index (χ0v) is 11.7. The van der Waals surface area contributed by atoms with E-state index in [1.807, 2.05) is 0 Å². The van der Waals surface area contributed by atoms with Crippen LogP contribution < -0.4 is 16.6 Å². The van der Waals surface area contributed by atoms with Gasteiger partial charge in [-0.1, -0.05) is 12.8 Å². The average molecular weight is 434 g/mol. The third-order valence-electron chi connectivity index (χ3n) is 2.11. The van der Waals surface area contributed by atoms with Crippen molar-refractivity contribution in [3.8, 4) is 0 Å². The Labute approximate surface area is 108 Å². The van der Waals surface area contributed by atoms with Crippen LogP contribution in [0, 0.1) is 0 Å². The summed E-state index contributed by atoms with van der Waals surface area (Å²) in [7, 11) is -4.93. The van der Waals surface area contributed by atoms with Gasteiger partial charge in [0, 0.05) is 12.1 Å². The Morgan fingerprint density at radius 2 is 1.44 bits per heavy atom. The van der Waals surface area contributed by atoms with Gasteiger partial charge in [-0.05, 0) is 12.8 Å². The first-order valence-electron chi connectivity index (χ1n) is 4.53. The fourth-order valence-corrected chi connectivity index (χ4v) is 1.19. The normalized spacial score (nSPS) is 24.8. The minimum atomic E-state index is -4.93. The van der Waals surface area contributed by atoms with Crippen molar-refractivity contribution in [3.63, 3.8) is 0 Å². The van der Waals surface area contributed by atoms with Gasteiger partial charge in [0.1, 0.15) is 0 Å². The number of rotatable bonds is 1. The second-order valence-corrected chi connectivity index (χ2v) is 4.88. The van der Waals surface area contributed by atoms with Gasteiger partial charge in [-0.2, -0.15) is 0 Å². The Morgan fingerprint density at radius 1 is 1.19 bits per heavy atom. The molecule has 9 heteroatoms. The smallest absolute Gasteiger partial charge is 0.538 e. The van der Waals surface area contributed by atoms with Crippen molar-refractivity contribution in [2.24, 2.45) is 11.5 Å². The molecular formula is C7H16N2O5PPt+3. The monoisotopic (exact) mass is 434 g/mol. The summed E-state index contributed by atoms with van der Waals surface area (Å²) in [4.78, 5) is 24.2. The maximum absolute atomic E-state index is 9.36. The van der Waals surface area contributed by atoms with E-state index in [0.717, 1.165) is 12.8 Å². The molecule has 1 rings (SSSR count). The fraction of sp³-hybridized carbons (Fsp3) is 0.857. The van der Waals surface area contributed by atoms with Gasteiger partial charge >= 0.3 is 28.7 Å². The van der Waals surface area contributed by atoms with Crippen LogP contribution in [0.4, 0.5) is 4.79 Å². The summed E-state index contributed by atoms with van der Waals surface area (Å²) in [6.07, 6.45) is 4.80. The maximum Gasteiger partial charge on any atom is 4.00 e. The molecule has 2 atom stereocenters. The third-order valence-corrected chi connectivity index (χ3v) is 2.59. The van der Waals surface area contributed by atoms with Gasteiger partial charge in [0.05, 0.1) is 0 Å². The van der Waals surface area contributed by atoms with Gasteiger partial charge in [-0.15, -0.1) is 0 Å². The molecule has 1 aliphatic carbocycles. The zero-order chi connectivity index (χ0) is 12.1. The van der Waals surface area contributed by atoms with Gasteiger partial charge < -0.3 is 31.2 Å². The molecule has 0 spiro atoms. The topological polar surface area (TPSA) is 150 Å². The van der Waals surface area contributed by atoms with Gasteiger partial charge in [0.15, 0.2) is 5.71 Å². The average Bonchev–Trinajstić information content (AvgIpc) is 2.09. The molecule has 96 valence electrons. The number of carbonyl (C=O) groups is 1. The summed E-state index contributed by atoms with van der Waals surface area (Å²) in [6, 6.07) is 0.562. The van der Waals surface area contributed by atoms with E-state index in [1.54, 1.807) is 0 Å². The molecule has 0 bridgehead atoms. The Morgan fingerprint density at radius 3 is 1.56 bits per heavy atom. The molecule has 0 amide bonds. The van der Waals surface area contributed by atoms with Crippen molar-refractivity contribution in [3.05, 3.63) is 0 Å². The molecule has 0 radical (unpaired) electrons. The van der Waals surface area contributed by atoms with Crippen molar-refractivity contribution >= 4 is 13.3 Å². The minimum absolute atomic E-state index is 0. The van der Waals surface area contributed by atoms with Gasteiger partial charge in [0.2, 0.25) is 0 Å². The minimum Gasteiger partial charge on any atom is -0.538 e. The van der Waals surface area contributed by atoms with Crippen LogP contribution in [0.2, 0.25) is 0 Å². The predicted octanol–water partition coefficient (Wildman–Crippen LogP) is -1.28. The van der Waals surface area contributed by atoms with E-state index in [2.05, 4.69) is 0 Å². The molecule has 7 nitrogen and oxygen atoms in total. The summed E-state index contributed by atoms with van der Waals surface area (Å²) in [5.74, 6) is 0. The van der Waals surface area contributed by atoms with E-state index in [-0.39, 0.29) is 33.1 Å². The number of carboxylic acid groups (broad SMARTS) is 1. The Kier molecular flexibility index (Phi) is 9.69. The first kappa shape index (κ1) is 18.6. The van der Waals surface area contributed by atoms with Crippen LogP contribution in [-0.4, -0.2) is 27.6 Å². The van der Waals surface area contributed by atoms with Crippen LogP contribution in [0.1, 0.15) is 25.7 Å². The molecule has 6 N–H and O–H groups in total. The molecule has 16 heavy (non-hydrogen) atoms. The summed E-state index contributed by atoms with van der Waals surface area (Å²) < 4.78 is 9.36. The van der Waals surface area contributed by atoms with Crippen molar-refractivity contribution in [2.45, 2.75) is 37.8 Å². The van der Waals surface area contributed by atoms with Crippen LogP contribution in [0.5, 0.6) is 0 Å². The van der Waals surface area contributed by atoms with Crippen LogP contribution in [-0.2, 0) is 25.6 Å². The van der Waals surface area contributed by atoms with Gasteiger partial charge in [-0.25, -0.2) is 0 Å². The summed E-state index contributed by atoms with van der Waals surface area (Å²) in [5.41, 5.74) is 8.97. The molecule has 0 aliphatic heterocycles. The molecule has 0 aromatic carbocycles. The van der Waals surface area contributed by atoms with E-state index in [1.165, 1.54) is 12.8 Å². The molecule has 0 saturated heterocycles. The van der Waals surface area contributed by atoms with Crippen molar-refractivity contribution in [1.29, 1.82) is 0 Å². The Balaban J connectivity index is 0. The second-order valence-electron chi connectivity index (χ2n) is 3.42. The van der Waals surface area contributed by atoms with Crippen molar-refractivity contribution in [2.75, 3.05) is 0 Å². The number of hydrogen-bond donors (Lipinski definition) is 4. The standard InChI is InChI=1S/C6H14N2.CH3O5P.Pt/c7-5-3-1-2-4-6(5)8;2-1(3)7(4,5)6;/h5-6H,1-4,7-8H2;(H,2,3)(H2,4,5,6);/q;;+4/p-1. The van der Waals surface area contributed by atoms with Crippen molar-refractivity contribution < 1.29 is 45.3 Å². The van der Waals surface area contributed by atoms with Crippen LogP contribution >= 0.6 is 7.60 Å². The molecule has 1 aliphatic rings. The molecule has 0 aromatic rings. The van der Waals surface area contributed by atoms with Crippen LogP contribution in [0.25, 0.3) is 0 Å². The van der Waals surface area contributed by atoms with E-state index >= 15 is 0 Å². The van der Waals surface area contributed by atoms with Gasteiger partial charge in [-0.3, -0.25) is 4.57 Å². The molecule has 2 unspecified atom stereocenters. The number of nitrogens with two attached hydrogens (primary N) is 2. The van der Waals surface area contributed by atoms with E-state index in [0.29, 0.717) is 0 Å². The number of hydrogen-bond acceptors (Lipinski definition) is 5. The van der Waals surface area contributed by atoms with Crippen LogP contribution in [0.15, 0.2) is 0 Å².